The molecule has 1 saturated heterocycles. The molecule has 0 radical (unpaired) electrons. The van der Waals surface area contributed by atoms with Gasteiger partial charge in [0.25, 0.3) is 5.56 Å². The number of aromatic nitrogens is 4. The summed E-state index contributed by atoms with van der Waals surface area (Å²) < 4.78 is 45.0. The van der Waals surface area contributed by atoms with Gasteiger partial charge in [-0.05, 0) is 18.1 Å². The first-order valence-corrected chi connectivity index (χ1v) is 17.7. The van der Waals surface area contributed by atoms with Crippen LogP contribution in [0.15, 0.2) is 28.8 Å². The minimum Gasteiger partial charge on any atom is -0.407 e. The van der Waals surface area contributed by atoms with Gasteiger partial charge in [-0.2, -0.15) is 10.2 Å². The summed E-state index contributed by atoms with van der Waals surface area (Å²) in [6.07, 6.45) is -0.00240. The van der Waals surface area contributed by atoms with Crippen molar-refractivity contribution in [2.24, 2.45) is 4.99 Å². The molecule has 232 valence electrons. The summed E-state index contributed by atoms with van der Waals surface area (Å²) in [7, 11) is -3.32. The lowest BCUT2D eigenvalue weighted by atomic mass is 10.1. The molecule has 0 amide bonds. The number of phosphoric acid groups is 1. The van der Waals surface area contributed by atoms with Crippen LogP contribution >= 0.6 is 7.82 Å². The minimum atomic E-state index is -4.29. The van der Waals surface area contributed by atoms with E-state index in [0.29, 0.717) is 0 Å². The van der Waals surface area contributed by atoms with E-state index < -0.39 is 52.8 Å². The van der Waals surface area contributed by atoms with Crippen LogP contribution < -0.4 is 5.56 Å². The van der Waals surface area contributed by atoms with Crippen molar-refractivity contribution in [3.63, 3.8) is 0 Å². The molecule has 15 nitrogen and oxygen atoms in total. The number of hydrogen-bond donors (Lipinski definition) is 2. The number of phosphoric ester groups is 1. The van der Waals surface area contributed by atoms with Gasteiger partial charge in [0.05, 0.1) is 45.0 Å². The number of aromatic amines is 1. The van der Waals surface area contributed by atoms with E-state index in [1.807, 2.05) is 19.2 Å². The number of nitrogens with zero attached hydrogens (tertiary/aromatic N) is 6. The van der Waals surface area contributed by atoms with Gasteiger partial charge in [-0.3, -0.25) is 27.9 Å². The van der Waals surface area contributed by atoms with E-state index in [2.05, 4.69) is 47.3 Å². The molecule has 1 unspecified atom stereocenters. The predicted molar refractivity (Wildman–Crippen MR) is 158 cm³/mol. The van der Waals surface area contributed by atoms with Crippen molar-refractivity contribution in [3.05, 3.63) is 29.3 Å². The Morgan fingerprint density at radius 2 is 2.07 bits per heavy atom. The summed E-state index contributed by atoms with van der Waals surface area (Å²) >= 11 is 0. The Hall–Kier alpha value is -2.74. The molecule has 0 aliphatic carbocycles. The zero-order valence-corrected chi connectivity index (χ0v) is 26.9. The van der Waals surface area contributed by atoms with Crippen molar-refractivity contribution >= 4 is 39.6 Å². The van der Waals surface area contributed by atoms with Gasteiger partial charge in [-0.15, -0.1) is 6.58 Å². The number of ether oxygens (including phenoxy) is 1. The third-order valence-corrected chi connectivity index (χ3v) is 12.8. The highest BCUT2D eigenvalue weighted by molar-refractivity contribution is 7.48. The molecule has 5 atom stereocenters. The summed E-state index contributed by atoms with van der Waals surface area (Å²) in [5, 5.41) is 19.0. The number of nitriles is 1. The van der Waals surface area contributed by atoms with E-state index in [-0.39, 0.29) is 41.8 Å². The third kappa shape index (κ3) is 7.80. The van der Waals surface area contributed by atoms with Gasteiger partial charge in [-0.1, -0.05) is 26.8 Å². The van der Waals surface area contributed by atoms with Crippen molar-refractivity contribution in [1.29, 1.82) is 5.26 Å². The predicted octanol–water partition coefficient (Wildman–Crippen LogP) is 3.25. The number of hydrogen-bond acceptors (Lipinski definition) is 12. The van der Waals surface area contributed by atoms with E-state index in [9.17, 15) is 14.5 Å². The van der Waals surface area contributed by atoms with E-state index in [4.69, 9.17) is 28.0 Å². The van der Waals surface area contributed by atoms with Crippen LogP contribution in [0.2, 0.25) is 18.1 Å². The maximum Gasteiger partial charge on any atom is 0.475 e. The SMILES string of the molecule is C=CCOP(=O)(OCCC#N)O[C@H]1[C@@H](O[Si](C)(C)C(C)(C)C)[C@H](n2cnc3c(=O)[nH]c(/N=C/N(C)C)nc32)O[C@@H]1CO. The fourth-order valence-corrected chi connectivity index (χ4v) is 6.41. The Kier molecular flexibility index (Phi) is 11.0. The number of nitrogens with one attached hydrogen (secondary N) is 1. The van der Waals surface area contributed by atoms with Crippen LogP contribution in [0.25, 0.3) is 11.2 Å². The highest BCUT2D eigenvalue weighted by atomic mass is 31.2. The average Bonchev–Trinajstić information content (AvgIpc) is 3.47. The van der Waals surface area contributed by atoms with Crippen LogP contribution in [0, 0.1) is 11.3 Å². The number of fused-ring (bicyclic) bond motifs is 1. The van der Waals surface area contributed by atoms with Crippen LogP contribution in [-0.4, -0.2) is 96.4 Å². The fourth-order valence-electron chi connectivity index (χ4n) is 3.77. The van der Waals surface area contributed by atoms with Crippen molar-refractivity contribution in [2.45, 2.75) is 69.9 Å². The molecule has 0 spiro atoms. The Morgan fingerprint density at radius 1 is 1.36 bits per heavy atom. The van der Waals surface area contributed by atoms with Crippen LogP contribution in [0.1, 0.15) is 33.4 Å². The normalized spacial score (nSPS) is 22.8. The Labute approximate surface area is 245 Å². The topological polar surface area (TPSA) is 186 Å². The molecule has 1 aliphatic heterocycles. The largest absolute Gasteiger partial charge is 0.475 e. The monoisotopic (exact) mass is 625 g/mol. The average molecular weight is 626 g/mol. The molecule has 0 aromatic carbocycles. The van der Waals surface area contributed by atoms with Crippen molar-refractivity contribution in [3.8, 4) is 6.07 Å². The lowest BCUT2D eigenvalue weighted by molar-refractivity contribution is -0.0501. The summed E-state index contributed by atoms with van der Waals surface area (Å²) in [5.41, 5.74) is -0.311. The second-order valence-electron chi connectivity index (χ2n) is 11.4. The lowest BCUT2D eigenvalue weighted by Crippen LogP contribution is -2.49. The maximum absolute atomic E-state index is 13.7. The number of aliphatic hydroxyl groups excluding tert-OH is 1. The number of imidazole rings is 1. The first kappa shape index (κ1) is 33.8. The van der Waals surface area contributed by atoms with Gasteiger partial charge < -0.3 is 19.2 Å². The molecule has 1 aliphatic rings. The van der Waals surface area contributed by atoms with Gasteiger partial charge in [0.15, 0.2) is 25.7 Å². The smallest absolute Gasteiger partial charge is 0.407 e. The molecule has 3 rings (SSSR count). The van der Waals surface area contributed by atoms with Crippen molar-refractivity contribution in [1.82, 2.24) is 24.4 Å². The van der Waals surface area contributed by atoms with Gasteiger partial charge in [0.2, 0.25) is 5.95 Å². The number of aliphatic hydroxyl groups is 1. The second-order valence-corrected chi connectivity index (χ2v) is 17.7. The van der Waals surface area contributed by atoms with Crippen LogP contribution in [-0.2, 0) is 27.3 Å². The van der Waals surface area contributed by atoms with E-state index >= 15 is 0 Å². The summed E-state index contributed by atoms with van der Waals surface area (Å²) in [6, 6.07) is 1.91. The van der Waals surface area contributed by atoms with E-state index in [1.165, 1.54) is 23.3 Å². The Morgan fingerprint density at radius 3 is 2.67 bits per heavy atom. The Bertz CT molecular complexity index is 1410. The molecule has 0 saturated carbocycles. The zero-order chi connectivity index (χ0) is 31.3. The number of aliphatic imine (C=N–C) groups is 1. The van der Waals surface area contributed by atoms with Crippen LogP contribution in [0.4, 0.5) is 5.95 Å². The Balaban J connectivity index is 2.14. The van der Waals surface area contributed by atoms with Crippen molar-refractivity contribution < 1.29 is 32.4 Å². The first-order chi connectivity index (χ1) is 19.7. The number of rotatable bonds is 14. The molecular formula is C25H40N7O8PSi. The van der Waals surface area contributed by atoms with E-state index in [0.717, 1.165) is 0 Å². The summed E-state index contributed by atoms with van der Waals surface area (Å²) in [6.45, 7) is 12.9. The highest BCUT2D eigenvalue weighted by Crippen LogP contribution is 2.54. The lowest BCUT2D eigenvalue weighted by Gasteiger charge is -2.40. The summed E-state index contributed by atoms with van der Waals surface area (Å²) in [5.74, 6) is 0.0440. The molecule has 1 fully saturated rings. The standard InChI is InChI=1S/C25H40N7O8PSi/c1-9-12-36-41(35,37-13-10-11-26)39-19-17(14-33)38-23(20(19)40-42(7,8)25(2,3)4)32-16-27-18-21(32)29-24(30-22(18)34)28-15-31(5)6/h9,15-17,19-20,23,33H,1,10,12-14H2,2-8H3,(H,29,30,34)/b28-15+/t17-,19-,20-,23-,41?/m1/s1. The number of H-pyrrole nitrogens is 1. The minimum absolute atomic E-state index is 0.0400. The van der Waals surface area contributed by atoms with E-state index in [1.54, 1.807) is 19.0 Å². The van der Waals surface area contributed by atoms with Gasteiger partial charge in [0.1, 0.15) is 18.3 Å². The van der Waals surface area contributed by atoms with Gasteiger partial charge in [-0.25, -0.2) is 14.5 Å². The van der Waals surface area contributed by atoms with Gasteiger partial charge in [0, 0.05) is 14.1 Å². The summed E-state index contributed by atoms with van der Waals surface area (Å²) in [4.78, 5) is 30.0. The van der Waals surface area contributed by atoms with Crippen LogP contribution in [0.3, 0.4) is 0 Å². The molecule has 0 bridgehead atoms. The zero-order valence-electron chi connectivity index (χ0n) is 25.0. The maximum atomic E-state index is 13.7. The second kappa shape index (κ2) is 13.7. The molecular weight excluding hydrogens is 585 g/mol. The first-order valence-electron chi connectivity index (χ1n) is 13.3. The fraction of sp³-hybridized carbons (Fsp3) is 0.640. The molecule has 2 aromatic heterocycles. The molecule has 3 heterocycles. The third-order valence-electron chi connectivity index (χ3n) is 6.87. The molecule has 17 heteroatoms. The molecule has 42 heavy (non-hydrogen) atoms. The van der Waals surface area contributed by atoms with Crippen molar-refractivity contribution in [2.75, 3.05) is 33.9 Å². The van der Waals surface area contributed by atoms with Gasteiger partial charge >= 0.3 is 7.82 Å². The quantitative estimate of drug-likeness (QED) is 0.0781. The van der Waals surface area contributed by atoms with Crippen LogP contribution in [0.5, 0.6) is 0 Å². The molecule has 2 aromatic rings. The molecule has 2 N–H and O–H groups in total. The highest BCUT2D eigenvalue weighted by Gasteiger charge is 2.54.